The lowest BCUT2D eigenvalue weighted by molar-refractivity contribution is -0.183. The van der Waals surface area contributed by atoms with Crippen LogP contribution >= 0.6 is 0 Å². The maximum atomic E-state index is 10.1. The molecule has 72 valence electrons. The van der Waals surface area contributed by atoms with Gasteiger partial charge in [0.25, 0.3) is 0 Å². The van der Waals surface area contributed by atoms with E-state index in [1.54, 1.807) is 0 Å². The Labute approximate surface area is 81.3 Å². The summed E-state index contributed by atoms with van der Waals surface area (Å²) < 4.78 is 5.05. The van der Waals surface area contributed by atoms with Gasteiger partial charge in [-0.15, -0.1) is 0 Å². The van der Waals surface area contributed by atoms with Crippen LogP contribution in [0.15, 0.2) is 30.5 Å². The van der Waals surface area contributed by atoms with Crippen LogP contribution < -0.4 is 0 Å². The summed E-state index contributed by atoms with van der Waals surface area (Å²) in [6.45, 7) is 0.795. The first kappa shape index (κ1) is 8.03. The van der Waals surface area contributed by atoms with Crippen LogP contribution in [0.2, 0.25) is 0 Å². The van der Waals surface area contributed by atoms with E-state index in [4.69, 9.17) is 4.74 Å². The molecule has 3 nitrogen and oxygen atoms in total. The van der Waals surface area contributed by atoms with E-state index in [0.29, 0.717) is 13.2 Å². The maximum absolute atomic E-state index is 10.1. The number of hydrogen-bond donors (Lipinski definition) is 2. The second kappa shape index (κ2) is 2.59. The molecule has 1 saturated heterocycles. The third kappa shape index (κ3) is 0.937. The van der Waals surface area contributed by atoms with E-state index in [9.17, 15) is 5.11 Å². The number of nitrogens with one attached hydrogen (secondary N) is 1. The van der Waals surface area contributed by atoms with E-state index in [-0.39, 0.29) is 0 Å². The number of benzene rings is 1. The average molecular weight is 189 g/mol. The van der Waals surface area contributed by atoms with Crippen molar-refractivity contribution in [3.63, 3.8) is 0 Å². The Morgan fingerprint density at radius 3 is 2.79 bits per heavy atom. The van der Waals surface area contributed by atoms with Crippen LogP contribution in [0.4, 0.5) is 0 Å². The number of aromatic nitrogens is 1. The van der Waals surface area contributed by atoms with Gasteiger partial charge in [0.2, 0.25) is 0 Å². The molecule has 1 fully saturated rings. The Bertz CT molecular complexity index is 471. The second-order valence-electron chi connectivity index (χ2n) is 3.77. The van der Waals surface area contributed by atoms with Crippen molar-refractivity contribution in [2.45, 2.75) is 5.60 Å². The van der Waals surface area contributed by atoms with Crippen molar-refractivity contribution in [3.05, 3.63) is 36.0 Å². The molecule has 0 amide bonds. The van der Waals surface area contributed by atoms with E-state index in [2.05, 4.69) is 4.98 Å². The third-order valence-corrected chi connectivity index (χ3v) is 2.77. The summed E-state index contributed by atoms with van der Waals surface area (Å²) in [6.07, 6.45) is 1.87. The largest absolute Gasteiger partial charge is 0.380 e. The minimum Gasteiger partial charge on any atom is -0.380 e. The molecule has 1 aliphatic rings. The first-order valence-corrected chi connectivity index (χ1v) is 4.66. The fraction of sp³-hybridized carbons (Fsp3) is 0.273. The van der Waals surface area contributed by atoms with Crippen molar-refractivity contribution in [1.82, 2.24) is 4.98 Å². The molecule has 0 radical (unpaired) electrons. The van der Waals surface area contributed by atoms with Crippen molar-refractivity contribution in [2.75, 3.05) is 13.2 Å². The van der Waals surface area contributed by atoms with Gasteiger partial charge >= 0.3 is 0 Å². The Balaban J connectivity index is 2.22. The van der Waals surface area contributed by atoms with Crippen LogP contribution in [0.25, 0.3) is 10.9 Å². The van der Waals surface area contributed by atoms with Crippen LogP contribution in [0.5, 0.6) is 0 Å². The lowest BCUT2D eigenvalue weighted by Gasteiger charge is -2.36. The fourth-order valence-electron chi connectivity index (χ4n) is 1.91. The first-order valence-electron chi connectivity index (χ1n) is 4.66. The molecule has 0 bridgehead atoms. The van der Waals surface area contributed by atoms with Gasteiger partial charge in [-0.05, 0) is 6.07 Å². The fourth-order valence-corrected chi connectivity index (χ4v) is 1.91. The molecule has 2 N–H and O–H groups in total. The number of H-pyrrole nitrogens is 1. The summed E-state index contributed by atoms with van der Waals surface area (Å²) in [6, 6.07) is 7.96. The van der Waals surface area contributed by atoms with Crippen LogP contribution in [-0.2, 0) is 10.3 Å². The number of hydrogen-bond acceptors (Lipinski definition) is 2. The molecule has 0 spiro atoms. The van der Waals surface area contributed by atoms with Crippen molar-refractivity contribution in [1.29, 1.82) is 0 Å². The molecule has 1 aliphatic heterocycles. The van der Waals surface area contributed by atoms with Crippen LogP contribution in [0.1, 0.15) is 5.56 Å². The summed E-state index contributed by atoms with van der Waals surface area (Å²) in [5, 5.41) is 11.2. The predicted molar refractivity (Wildman–Crippen MR) is 53.0 cm³/mol. The van der Waals surface area contributed by atoms with Gasteiger partial charge < -0.3 is 14.8 Å². The van der Waals surface area contributed by atoms with E-state index in [0.717, 1.165) is 16.5 Å². The van der Waals surface area contributed by atoms with Gasteiger partial charge in [-0.2, -0.15) is 0 Å². The van der Waals surface area contributed by atoms with Gasteiger partial charge in [0, 0.05) is 22.7 Å². The number of rotatable bonds is 1. The molecule has 14 heavy (non-hydrogen) atoms. The first-order chi connectivity index (χ1) is 6.80. The second-order valence-corrected chi connectivity index (χ2v) is 3.77. The summed E-state index contributed by atoms with van der Waals surface area (Å²) in [5.41, 5.74) is 1.22. The van der Waals surface area contributed by atoms with Crippen molar-refractivity contribution in [2.24, 2.45) is 0 Å². The van der Waals surface area contributed by atoms with E-state index < -0.39 is 5.60 Å². The molecule has 0 saturated carbocycles. The quantitative estimate of drug-likeness (QED) is 0.712. The molecular weight excluding hydrogens is 178 g/mol. The molecule has 3 heteroatoms. The number of aromatic amines is 1. The minimum atomic E-state index is -0.778. The maximum Gasteiger partial charge on any atom is 0.138 e. The van der Waals surface area contributed by atoms with Gasteiger partial charge in [0.1, 0.15) is 5.60 Å². The highest BCUT2D eigenvalue weighted by Gasteiger charge is 2.39. The molecule has 1 aromatic heterocycles. The lowest BCUT2D eigenvalue weighted by Crippen LogP contribution is -2.46. The van der Waals surface area contributed by atoms with Gasteiger partial charge in [0.05, 0.1) is 13.2 Å². The highest BCUT2D eigenvalue weighted by Crippen LogP contribution is 2.34. The van der Waals surface area contributed by atoms with Crippen molar-refractivity contribution in [3.8, 4) is 0 Å². The zero-order valence-corrected chi connectivity index (χ0v) is 7.66. The normalized spacial score (nSPS) is 19.5. The van der Waals surface area contributed by atoms with E-state index >= 15 is 0 Å². The van der Waals surface area contributed by atoms with Gasteiger partial charge in [0.15, 0.2) is 0 Å². The predicted octanol–water partition coefficient (Wildman–Crippen LogP) is 1.39. The lowest BCUT2D eigenvalue weighted by atomic mass is 9.92. The minimum absolute atomic E-state index is 0.398. The highest BCUT2D eigenvalue weighted by molar-refractivity contribution is 5.84. The molecule has 0 unspecified atom stereocenters. The highest BCUT2D eigenvalue weighted by atomic mass is 16.5. The molecule has 0 atom stereocenters. The third-order valence-electron chi connectivity index (χ3n) is 2.77. The molecule has 3 rings (SSSR count). The SMILES string of the molecule is OC1(c2c[nH]c3ccccc23)COC1. The van der Waals surface area contributed by atoms with Gasteiger partial charge in [-0.1, -0.05) is 18.2 Å². The van der Waals surface area contributed by atoms with Crippen LogP contribution in [0, 0.1) is 0 Å². The molecule has 0 aliphatic carbocycles. The van der Waals surface area contributed by atoms with Gasteiger partial charge in [-0.3, -0.25) is 0 Å². The van der Waals surface area contributed by atoms with E-state index in [1.807, 2.05) is 30.5 Å². The smallest absolute Gasteiger partial charge is 0.138 e. The van der Waals surface area contributed by atoms with E-state index in [1.165, 1.54) is 0 Å². The Morgan fingerprint density at radius 2 is 2.07 bits per heavy atom. The Hall–Kier alpha value is -1.32. The van der Waals surface area contributed by atoms with Gasteiger partial charge in [-0.25, -0.2) is 0 Å². The molecule has 1 aromatic carbocycles. The Morgan fingerprint density at radius 1 is 1.29 bits per heavy atom. The summed E-state index contributed by atoms with van der Waals surface area (Å²) in [4.78, 5) is 3.15. The van der Waals surface area contributed by atoms with Crippen molar-refractivity contribution >= 4 is 10.9 Å². The molecule has 2 aromatic rings. The number of ether oxygens (including phenoxy) is 1. The summed E-state index contributed by atoms with van der Waals surface area (Å²) >= 11 is 0. The number of aliphatic hydroxyl groups is 1. The zero-order chi connectivity index (χ0) is 9.60. The number of para-hydroxylation sites is 1. The summed E-state index contributed by atoms with van der Waals surface area (Å²) in [7, 11) is 0. The van der Waals surface area contributed by atoms with Crippen LogP contribution in [0.3, 0.4) is 0 Å². The molecular formula is C11H11NO2. The molecule has 2 heterocycles. The Kier molecular flexibility index (Phi) is 1.48. The topological polar surface area (TPSA) is 45.2 Å². The average Bonchev–Trinajstić information content (AvgIpc) is 2.58. The van der Waals surface area contributed by atoms with Crippen molar-refractivity contribution < 1.29 is 9.84 Å². The standard InChI is InChI=1S/C11H11NO2/c13-11(6-14-7-11)9-5-12-10-4-2-1-3-8(9)10/h1-5,12-13H,6-7H2. The number of fused-ring (bicyclic) bond motifs is 1. The van der Waals surface area contributed by atoms with Crippen LogP contribution in [-0.4, -0.2) is 23.3 Å². The monoisotopic (exact) mass is 189 g/mol. The summed E-state index contributed by atoms with van der Waals surface area (Å²) in [5.74, 6) is 0. The zero-order valence-electron chi connectivity index (χ0n) is 7.66.